The number of H-pyrrole nitrogens is 1. The van der Waals surface area contributed by atoms with Crippen molar-refractivity contribution in [2.75, 3.05) is 43.6 Å². The van der Waals surface area contributed by atoms with Gasteiger partial charge in [0.2, 0.25) is 0 Å². The van der Waals surface area contributed by atoms with Gasteiger partial charge in [-0.1, -0.05) is 59.3 Å². The largest absolute Gasteiger partial charge is 0.386 e. The van der Waals surface area contributed by atoms with Crippen LogP contribution in [0.1, 0.15) is 104 Å². The molecule has 34 heavy (non-hydrogen) atoms. The normalized spacial score (nSPS) is 13.5. The van der Waals surface area contributed by atoms with E-state index in [1.165, 1.54) is 68.6 Å². The number of hydrogen-bond acceptors (Lipinski definition) is 5. The number of carbonyl (C=O) groups is 1. The Morgan fingerprint density at radius 2 is 1.74 bits per heavy atom. The number of nitrogens with zero attached hydrogens (tertiary/aromatic N) is 2. The summed E-state index contributed by atoms with van der Waals surface area (Å²) in [5.74, 6) is 1.81. The molecule has 1 aromatic carbocycles. The van der Waals surface area contributed by atoms with Crippen molar-refractivity contribution in [2.24, 2.45) is 0 Å². The molecular weight excluding hydrogens is 424 g/mol. The fourth-order valence-corrected chi connectivity index (χ4v) is 4.29. The Balaban J connectivity index is 0.000000401. The molecule has 0 atom stereocenters. The van der Waals surface area contributed by atoms with Crippen LogP contribution < -0.4 is 10.2 Å². The third-order valence-electron chi connectivity index (χ3n) is 6.22. The lowest BCUT2D eigenvalue weighted by atomic mass is 9.89. The van der Waals surface area contributed by atoms with Crippen LogP contribution in [0.15, 0.2) is 12.1 Å². The molecule has 0 radical (unpaired) electrons. The Labute approximate surface area is 208 Å². The highest BCUT2D eigenvalue weighted by Crippen LogP contribution is 2.35. The molecule has 0 saturated heterocycles. The zero-order valence-electron chi connectivity index (χ0n) is 22.7. The van der Waals surface area contributed by atoms with Crippen molar-refractivity contribution in [3.05, 3.63) is 18.0 Å². The van der Waals surface area contributed by atoms with Gasteiger partial charge in [-0.3, -0.25) is 0 Å². The number of fused-ring (bicyclic) bond motifs is 1. The molecule has 1 aliphatic rings. The Hall–Kier alpha value is -2.08. The molecule has 0 unspecified atom stereocenters. The second-order valence-electron chi connectivity index (χ2n) is 8.86. The van der Waals surface area contributed by atoms with E-state index in [2.05, 4.69) is 55.0 Å². The van der Waals surface area contributed by atoms with Crippen molar-refractivity contribution >= 4 is 28.7 Å². The number of carbonyl (C=O) groups excluding carboxylic acids is 1. The summed E-state index contributed by atoms with van der Waals surface area (Å²) in [5.41, 5.74) is 4.68. The molecule has 3 rings (SSSR count). The summed E-state index contributed by atoms with van der Waals surface area (Å²) in [6, 6.07) is 4.44. The van der Waals surface area contributed by atoms with Gasteiger partial charge < -0.3 is 24.7 Å². The predicted molar refractivity (Wildman–Crippen MR) is 147 cm³/mol. The zero-order chi connectivity index (χ0) is 25.2. The van der Waals surface area contributed by atoms with Gasteiger partial charge in [-0.05, 0) is 45.2 Å². The highest BCUT2D eigenvalue weighted by molar-refractivity contribution is 5.88. The van der Waals surface area contributed by atoms with E-state index in [0.717, 1.165) is 36.8 Å². The van der Waals surface area contributed by atoms with Crippen LogP contribution >= 0.6 is 0 Å². The fraction of sp³-hybridized carbons (Fsp3) is 0.714. The summed E-state index contributed by atoms with van der Waals surface area (Å²) >= 11 is 0. The molecule has 2 aromatic rings. The minimum atomic E-state index is 0.244. The summed E-state index contributed by atoms with van der Waals surface area (Å²) in [6.45, 7) is 13.8. The van der Waals surface area contributed by atoms with E-state index in [1.807, 2.05) is 14.0 Å². The number of nitrogens with one attached hydrogen (secondary N) is 2. The number of imidazole rings is 1. The van der Waals surface area contributed by atoms with Gasteiger partial charge in [0.25, 0.3) is 0 Å². The summed E-state index contributed by atoms with van der Waals surface area (Å²) in [7, 11) is 1.99. The number of aldehydes is 1. The lowest BCUT2D eigenvalue weighted by Gasteiger charge is -2.23. The van der Waals surface area contributed by atoms with Crippen LogP contribution in [0, 0.1) is 0 Å². The van der Waals surface area contributed by atoms with Crippen molar-refractivity contribution in [1.82, 2.24) is 9.97 Å². The van der Waals surface area contributed by atoms with Gasteiger partial charge in [0.05, 0.1) is 22.4 Å². The number of ether oxygens (including phenoxy) is 1. The maximum atomic E-state index is 9.55. The summed E-state index contributed by atoms with van der Waals surface area (Å²) in [6.07, 6.45) is 12.4. The number of anilines is 2. The number of aromatic amines is 1. The zero-order valence-corrected chi connectivity index (χ0v) is 22.7. The van der Waals surface area contributed by atoms with Crippen LogP contribution in [-0.2, 0) is 9.53 Å². The Bertz CT molecular complexity index is 778. The third kappa shape index (κ3) is 10.0. The quantitative estimate of drug-likeness (QED) is 0.264. The highest BCUT2D eigenvalue weighted by Gasteiger charge is 2.20. The first kappa shape index (κ1) is 30.0. The van der Waals surface area contributed by atoms with Gasteiger partial charge in [-0.25, -0.2) is 4.98 Å². The van der Waals surface area contributed by atoms with Crippen molar-refractivity contribution in [2.45, 2.75) is 98.3 Å². The molecule has 1 fully saturated rings. The van der Waals surface area contributed by atoms with Crippen LogP contribution in [0.2, 0.25) is 0 Å². The minimum Gasteiger partial charge on any atom is -0.386 e. The molecule has 6 nitrogen and oxygen atoms in total. The number of hydrogen-bond donors (Lipinski definition) is 2. The molecule has 0 aliphatic heterocycles. The van der Waals surface area contributed by atoms with E-state index in [1.54, 1.807) is 0 Å². The van der Waals surface area contributed by atoms with Crippen LogP contribution in [0.25, 0.3) is 11.0 Å². The van der Waals surface area contributed by atoms with Crippen LogP contribution in [-0.4, -0.2) is 49.6 Å². The molecule has 1 saturated carbocycles. The number of rotatable bonds is 11. The summed E-state index contributed by atoms with van der Waals surface area (Å²) in [5, 5.41) is 3.34. The lowest BCUT2D eigenvalue weighted by Crippen LogP contribution is -2.22. The summed E-state index contributed by atoms with van der Waals surface area (Å²) in [4.78, 5) is 20.4. The Morgan fingerprint density at radius 3 is 2.24 bits per heavy atom. The predicted octanol–water partition coefficient (Wildman–Crippen LogP) is 7.31. The highest BCUT2D eigenvalue weighted by atomic mass is 16.5. The maximum Gasteiger partial charge on any atom is 0.145 e. The molecule has 1 heterocycles. The van der Waals surface area contributed by atoms with Gasteiger partial charge in [0.1, 0.15) is 18.7 Å². The van der Waals surface area contributed by atoms with E-state index < -0.39 is 0 Å². The third-order valence-corrected chi connectivity index (χ3v) is 6.22. The van der Waals surface area contributed by atoms with Crippen molar-refractivity contribution in [3.8, 4) is 0 Å². The monoisotopic (exact) mass is 474 g/mol. The van der Waals surface area contributed by atoms with Crippen LogP contribution in [0.3, 0.4) is 0 Å². The van der Waals surface area contributed by atoms with E-state index in [9.17, 15) is 4.79 Å². The van der Waals surface area contributed by atoms with E-state index >= 15 is 0 Å². The maximum absolute atomic E-state index is 9.55. The standard InChI is InChI=1S/C18H28N4.C5H10O2.C5H12/c1-4-22(5-2)17-12-15-14(11-16(17)19-3)20-18(21-15)13-9-7-6-8-10-13;1-2-4-7-5-3-6;1-3-5-4-2/h11-13,19H,4-10H2,1-3H3,(H,20,21);3H,2,4-5H2,1H3;3-5H2,1-2H3. The first-order valence-corrected chi connectivity index (χ1v) is 13.6. The molecule has 1 aromatic heterocycles. The summed E-state index contributed by atoms with van der Waals surface area (Å²) < 4.78 is 4.76. The topological polar surface area (TPSA) is 70.2 Å². The number of aromatic nitrogens is 2. The van der Waals surface area contributed by atoms with Crippen molar-refractivity contribution in [3.63, 3.8) is 0 Å². The Morgan fingerprint density at radius 1 is 1.06 bits per heavy atom. The molecule has 0 amide bonds. The van der Waals surface area contributed by atoms with Gasteiger partial charge in [-0.15, -0.1) is 0 Å². The average Bonchev–Trinajstić information content (AvgIpc) is 3.29. The van der Waals surface area contributed by atoms with Gasteiger partial charge in [-0.2, -0.15) is 0 Å². The smallest absolute Gasteiger partial charge is 0.145 e. The van der Waals surface area contributed by atoms with E-state index in [4.69, 9.17) is 9.72 Å². The first-order valence-electron chi connectivity index (χ1n) is 13.6. The van der Waals surface area contributed by atoms with Crippen molar-refractivity contribution in [1.29, 1.82) is 0 Å². The number of benzene rings is 1. The SMILES string of the molecule is CCCCC.CCCOCC=O.CCN(CC)c1cc2nc(C3CCCCC3)[nH]c2cc1NC. The average molecular weight is 475 g/mol. The fourth-order valence-electron chi connectivity index (χ4n) is 4.29. The molecule has 0 spiro atoms. The second-order valence-corrected chi connectivity index (χ2v) is 8.86. The molecular formula is C28H50N4O2. The molecule has 6 heteroatoms. The van der Waals surface area contributed by atoms with Gasteiger partial charge in [0, 0.05) is 32.7 Å². The number of unbranched alkanes of at least 4 members (excludes halogenated alkanes) is 2. The van der Waals surface area contributed by atoms with Crippen molar-refractivity contribution < 1.29 is 9.53 Å². The van der Waals surface area contributed by atoms with Gasteiger partial charge >= 0.3 is 0 Å². The lowest BCUT2D eigenvalue weighted by molar-refractivity contribution is -0.111. The molecule has 194 valence electrons. The minimum absolute atomic E-state index is 0.244. The molecule has 0 bridgehead atoms. The molecule has 2 N–H and O–H groups in total. The first-order chi connectivity index (χ1) is 16.6. The van der Waals surface area contributed by atoms with E-state index in [-0.39, 0.29) is 6.61 Å². The second kappa shape index (κ2) is 18.3. The van der Waals surface area contributed by atoms with Crippen LogP contribution in [0.5, 0.6) is 0 Å². The van der Waals surface area contributed by atoms with Crippen LogP contribution in [0.4, 0.5) is 11.4 Å². The van der Waals surface area contributed by atoms with E-state index in [0.29, 0.717) is 12.5 Å². The Kier molecular flexibility index (Phi) is 16.1. The van der Waals surface area contributed by atoms with Gasteiger partial charge in [0.15, 0.2) is 0 Å². The molecule has 1 aliphatic carbocycles.